The minimum absolute atomic E-state index is 0.218. The van der Waals surface area contributed by atoms with Gasteiger partial charge in [-0.15, -0.1) is 0 Å². The third kappa shape index (κ3) is 4.67. The van der Waals surface area contributed by atoms with E-state index in [2.05, 4.69) is 4.74 Å². The normalized spacial score (nSPS) is 14.2. The molecule has 0 aliphatic carbocycles. The van der Waals surface area contributed by atoms with Gasteiger partial charge in [0.05, 0.1) is 0 Å². The van der Waals surface area contributed by atoms with E-state index in [0.29, 0.717) is 0 Å². The molecule has 0 saturated carbocycles. The highest BCUT2D eigenvalue weighted by atomic mass is 19.4. The topological polar surface area (TPSA) is 55.4 Å². The van der Waals surface area contributed by atoms with E-state index < -0.39 is 59.4 Å². The van der Waals surface area contributed by atoms with E-state index in [1.807, 2.05) is 0 Å². The first-order chi connectivity index (χ1) is 14.0. The highest BCUT2D eigenvalue weighted by Gasteiger charge is 2.78. The van der Waals surface area contributed by atoms with E-state index in [9.17, 15) is 71.1 Å². The Morgan fingerprint density at radius 1 is 0.625 bits per heavy atom. The largest absolute Gasteiger partial charge is 0.460 e. The Kier molecular flexibility index (Phi) is 6.76. The molecule has 1 rings (SSSR count). The van der Waals surface area contributed by atoms with Gasteiger partial charge < -0.3 is 10.1 Å². The Labute approximate surface area is 166 Å². The van der Waals surface area contributed by atoms with Gasteiger partial charge in [0.2, 0.25) is 0 Å². The fourth-order valence-corrected chi connectivity index (χ4v) is 1.61. The zero-order valence-corrected chi connectivity index (χ0v) is 14.3. The highest BCUT2D eigenvalue weighted by molar-refractivity contribution is 5.97. The molecule has 0 fully saturated rings. The number of hydrogen-bond acceptors (Lipinski definition) is 3. The smallest absolute Gasteiger partial charge is 0.422 e. The van der Waals surface area contributed by atoms with Gasteiger partial charge in [0.1, 0.15) is 5.75 Å². The lowest BCUT2D eigenvalue weighted by Crippen LogP contribution is -2.57. The number of alkyl halides is 14. The van der Waals surface area contributed by atoms with Crippen molar-refractivity contribution in [2.45, 2.75) is 36.0 Å². The molecular formula is C14H5F14NO3. The number of hydrogen-bond donors (Lipinski definition) is 1. The molecule has 1 amide bonds. The molecule has 1 aromatic carbocycles. The predicted octanol–water partition coefficient (Wildman–Crippen LogP) is 5.20. The summed E-state index contributed by atoms with van der Waals surface area (Å²) in [5.74, 6) is -34.2. The van der Waals surface area contributed by atoms with E-state index in [1.54, 1.807) is 0 Å². The molecule has 0 aliphatic heterocycles. The maximum Gasteiger partial charge on any atom is 0.460 e. The van der Waals surface area contributed by atoms with Gasteiger partial charge in [-0.25, -0.2) is 4.79 Å². The molecule has 1 N–H and O–H groups in total. The van der Waals surface area contributed by atoms with Crippen molar-refractivity contribution in [1.82, 2.24) is 0 Å². The number of rotatable bonds is 6. The molecular weight excluding hydrogens is 496 g/mol. The van der Waals surface area contributed by atoms with Crippen molar-refractivity contribution >= 4 is 17.6 Å². The van der Waals surface area contributed by atoms with E-state index in [-0.39, 0.29) is 24.3 Å². The number of carbonyl (C=O) groups is 2. The molecule has 182 valence electrons. The Bertz CT molecular complexity index is 786. The Hall–Kier alpha value is -2.82. The first-order valence-corrected chi connectivity index (χ1v) is 7.28. The van der Waals surface area contributed by atoms with Gasteiger partial charge in [-0.3, -0.25) is 4.79 Å². The van der Waals surface area contributed by atoms with Crippen LogP contribution in [0, 0.1) is 0 Å². The Morgan fingerprint density at radius 3 is 1.38 bits per heavy atom. The van der Waals surface area contributed by atoms with E-state index >= 15 is 0 Å². The van der Waals surface area contributed by atoms with Crippen molar-refractivity contribution in [3.05, 3.63) is 24.3 Å². The lowest BCUT2D eigenvalue weighted by molar-refractivity contribution is -0.346. The summed E-state index contributed by atoms with van der Waals surface area (Å²) in [6.45, 7) is 0. The van der Waals surface area contributed by atoms with Crippen LogP contribution in [0.4, 0.5) is 67.2 Å². The lowest BCUT2D eigenvalue weighted by Gasteiger charge is -2.27. The van der Waals surface area contributed by atoms with E-state index in [4.69, 9.17) is 0 Å². The van der Waals surface area contributed by atoms with Crippen LogP contribution in [-0.4, -0.2) is 47.9 Å². The molecule has 0 atom stereocenters. The molecule has 0 saturated heterocycles. The molecule has 18 heteroatoms. The monoisotopic (exact) mass is 501 g/mol. The number of carbonyl (C=O) groups excluding carboxylic acids is 2. The van der Waals surface area contributed by atoms with Gasteiger partial charge in [-0.05, 0) is 24.3 Å². The molecule has 1 aromatic rings. The standard InChI is InChI=1S/C14H5F14NO3/c15-9(16,11(19,20)13(23,24)25)7(30)29-5-1-3-6(4-2-5)32-8(31)10(17,18)12(21,22)14(26,27)28/h1-4H,(H,29,30). The number of esters is 1. The minimum atomic E-state index is -6.87. The van der Waals surface area contributed by atoms with Crippen LogP contribution in [0.3, 0.4) is 0 Å². The van der Waals surface area contributed by atoms with Gasteiger partial charge in [0, 0.05) is 5.69 Å². The summed E-state index contributed by atoms with van der Waals surface area (Å²) in [6.07, 6.45) is -13.7. The van der Waals surface area contributed by atoms with Crippen LogP contribution >= 0.6 is 0 Å². The molecule has 0 spiro atoms. The van der Waals surface area contributed by atoms with Gasteiger partial charge in [0.15, 0.2) is 0 Å². The Balaban J connectivity index is 2.99. The number of amides is 1. The predicted molar refractivity (Wildman–Crippen MR) is 72.6 cm³/mol. The highest BCUT2D eigenvalue weighted by Crippen LogP contribution is 2.48. The molecule has 0 unspecified atom stereocenters. The average molecular weight is 501 g/mol. The summed E-state index contributed by atoms with van der Waals surface area (Å²) in [4.78, 5) is 22.1. The third-order valence-corrected chi connectivity index (χ3v) is 3.36. The summed E-state index contributed by atoms with van der Waals surface area (Å²) in [5, 5.41) is 0.889. The second-order valence-corrected chi connectivity index (χ2v) is 5.66. The van der Waals surface area contributed by atoms with Crippen LogP contribution in [0.15, 0.2) is 24.3 Å². The number of nitrogens with one attached hydrogen (secondary N) is 1. The van der Waals surface area contributed by atoms with Gasteiger partial charge in [-0.2, -0.15) is 61.5 Å². The van der Waals surface area contributed by atoms with Crippen LogP contribution < -0.4 is 10.1 Å². The van der Waals surface area contributed by atoms with Crippen molar-refractivity contribution in [2.75, 3.05) is 5.32 Å². The van der Waals surface area contributed by atoms with Crippen LogP contribution in [0.5, 0.6) is 5.75 Å². The summed E-state index contributed by atoms with van der Waals surface area (Å²) < 4.78 is 179. The van der Waals surface area contributed by atoms with Crippen molar-refractivity contribution in [3.63, 3.8) is 0 Å². The van der Waals surface area contributed by atoms with E-state index in [0.717, 1.165) is 5.32 Å². The molecule has 0 aliphatic rings. The first-order valence-electron chi connectivity index (χ1n) is 7.28. The van der Waals surface area contributed by atoms with Gasteiger partial charge >= 0.3 is 47.9 Å². The molecule has 0 radical (unpaired) electrons. The SMILES string of the molecule is O=C(Nc1ccc(OC(=O)C(F)(F)C(F)(F)C(F)(F)F)cc1)C(F)(F)C(F)(F)C(F)(F)F. The second-order valence-electron chi connectivity index (χ2n) is 5.66. The lowest BCUT2D eigenvalue weighted by atomic mass is 10.1. The zero-order chi connectivity index (χ0) is 25.6. The molecule has 0 aromatic heterocycles. The fraction of sp³-hybridized carbons (Fsp3) is 0.429. The summed E-state index contributed by atoms with van der Waals surface area (Å²) in [7, 11) is 0. The third-order valence-electron chi connectivity index (χ3n) is 3.36. The summed E-state index contributed by atoms with van der Waals surface area (Å²) in [6, 6.07) is 0.968. The molecule has 0 heterocycles. The van der Waals surface area contributed by atoms with Crippen LogP contribution in [-0.2, 0) is 9.59 Å². The second kappa shape index (κ2) is 7.95. The summed E-state index contributed by atoms with van der Waals surface area (Å²) in [5.41, 5.74) is -1.01. The van der Waals surface area contributed by atoms with Crippen molar-refractivity contribution in [3.8, 4) is 5.75 Å². The van der Waals surface area contributed by atoms with Crippen molar-refractivity contribution in [1.29, 1.82) is 0 Å². The van der Waals surface area contributed by atoms with Crippen LogP contribution in [0.2, 0.25) is 0 Å². The first kappa shape index (κ1) is 27.2. The van der Waals surface area contributed by atoms with Crippen molar-refractivity contribution < 1.29 is 75.8 Å². The number of halogens is 14. The van der Waals surface area contributed by atoms with Gasteiger partial charge in [-0.1, -0.05) is 0 Å². The van der Waals surface area contributed by atoms with Gasteiger partial charge in [0.25, 0.3) is 0 Å². The average Bonchev–Trinajstić information content (AvgIpc) is 2.60. The number of ether oxygens (including phenoxy) is 1. The van der Waals surface area contributed by atoms with E-state index in [1.165, 1.54) is 0 Å². The number of anilines is 1. The van der Waals surface area contributed by atoms with Crippen LogP contribution in [0.1, 0.15) is 0 Å². The minimum Gasteiger partial charge on any atom is -0.422 e. The van der Waals surface area contributed by atoms with Crippen molar-refractivity contribution in [2.24, 2.45) is 0 Å². The Morgan fingerprint density at radius 2 is 1.00 bits per heavy atom. The summed E-state index contributed by atoms with van der Waals surface area (Å²) >= 11 is 0. The maximum atomic E-state index is 13.2. The zero-order valence-electron chi connectivity index (χ0n) is 14.3. The maximum absolute atomic E-state index is 13.2. The quantitative estimate of drug-likeness (QED) is 0.332. The molecule has 4 nitrogen and oxygen atoms in total. The van der Waals surface area contributed by atoms with Crippen LogP contribution in [0.25, 0.3) is 0 Å². The fourth-order valence-electron chi connectivity index (χ4n) is 1.61. The molecule has 32 heavy (non-hydrogen) atoms. The molecule has 0 bridgehead atoms. The number of benzene rings is 1.